The highest BCUT2D eigenvalue weighted by molar-refractivity contribution is 5.89. The van der Waals surface area contributed by atoms with Crippen LogP contribution in [-0.4, -0.2) is 36.1 Å². The van der Waals surface area contributed by atoms with Crippen LogP contribution in [0.2, 0.25) is 0 Å². The second-order valence-electron chi connectivity index (χ2n) is 7.65. The van der Waals surface area contributed by atoms with Gasteiger partial charge in [-0.05, 0) is 39.0 Å². The number of aromatic nitrogens is 6. The molecule has 4 aromatic heterocycles. The van der Waals surface area contributed by atoms with Crippen LogP contribution in [0.15, 0.2) is 63.7 Å². The summed E-state index contributed by atoms with van der Waals surface area (Å²) in [7, 11) is 0. The van der Waals surface area contributed by atoms with E-state index in [0.29, 0.717) is 28.4 Å². The molecule has 0 saturated carbocycles. The Labute approximate surface area is 194 Å². The van der Waals surface area contributed by atoms with Gasteiger partial charge in [0.25, 0.3) is 11.8 Å². The molecule has 34 heavy (non-hydrogen) atoms. The van der Waals surface area contributed by atoms with Gasteiger partial charge in [0, 0.05) is 17.5 Å². The van der Waals surface area contributed by atoms with Crippen molar-refractivity contribution in [3.05, 3.63) is 83.3 Å². The molecule has 0 amide bonds. The van der Waals surface area contributed by atoms with Crippen molar-refractivity contribution in [2.45, 2.75) is 27.4 Å². The molecule has 4 heterocycles. The summed E-state index contributed by atoms with van der Waals surface area (Å²) >= 11 is 0. The molecule has 0 atom stereocenters. The molecule has 0 saturated heterocycles. The van der Waals surface area contributed by atoms with E-state index in [9.17, 15) is 4.79 Å². The Balaban J connectivity index is 1.28. The van der Waals surface area contributed by atoms with Gasteiger partial charge in [-0.15, -0.1) is 10.2 Å². The van der Waals surface area contributed by atoms with Gasteiger partial charge < -0.3 is 13.7 Å². The van der Waals surface area contributed by atoms with E-state index in [2.05, 4.69) is 25.4 Å². The van der Waals surface area contributed by atoms with E-state index < -0.39 is 5.97 Å². The van der Waals surface area contributed by atoms with E-state index in [0.717, 1.165) is 17.0 Å². The Morgan fingerprint density at radius 1 is 1.06 bits per heavy atom. The maximum Gasteiger partial charge on any atom is 0.340 e. The SMILES string of the molecule is Cc1cc(C)n(-c2ccc(C(=O)OCc3nnc(-c4c(-c5ccccc5)noc4C)o3)cn2)n1. The lowest BCUT2D eigenvalue weighted by atomic mass is 10.1. The molecule has 0 aliphatic carbocycles. The van der Waals surface area contributed by atoms with Gasteiger partial charge in [0.05, 0.1) is 11.3 Å². The Bertz CT molecular complexity index is 1450. The quantitative estimate of drug-likeness (QED) is 0.345. The van der Waals surface area contributed by atoms with E-state index >= 15 is 0 Å². The summed E-state index contributed by atoms with van der Waals surface area (Å²) < 4.78 is 18.1. The Morgan fingerprint density at radius 3 is 2.59 bits per heavy atom. The zero-order valence-corrected chi connectivity index (χ0v) is 18.7. The molecule has 0 aliphatic rings. The first kappa shape index (κ1) is 21.3. The van der Waals surface area contributed by atoms with E-state index in [1.807, 2.05) is 50.2 Å². The highest BCUT2D eigenvalue weighted by Crippen LogP contribution is 2.33. The number of nitrogens with zero attached hydrogens (tertiary/aromatic N) is 6. The van der Waals surface area contributed by atoms with Crippen molar-refractivity contribution in [1.29, 1.82) is 0 Å². The van der Waals surface area contributed by atoms with Crippen LogP contribution in [0.3, 0.4) is 0 Å². The zero-order valence-electron chi connectivity index (χ0n) is 18.7. The number of ether oxygens (including phenoxy) is 1. The van der Waals surface area contributed by atoms with Gasteiger partial charge in [-0.2, -0.15) is 5.10 Å². The summed E-state index contributed by atoms with van der Waals surface area (Å²) in [4.78, 5) is 16.8. The highest BCUT2D eigenvalue weighted by Gasteiger charge is 2.22. The van der Waals surface area contributed by atoms with Crippen molar-refractivity contribution in [2.75, 3.05) is 0 Å². The summed E-state index contributed by atoms with van der Waals surface area (Å²) in [6, 6.07) is 14.8. The molecule has 10 nitrogen and oxygen atoms in total. The van der Waals surface area contributed by atoms with Crippen molar-refractivity contribution < 1.29 is 18.5 Å². The van der Waals surface area contributed by atoms with Gasteiger partial charge in [0.15, 0.2) is 12.4 Å². The average molecular weight is 456 g/mol. The Kier molecular flexibility index (Phi) is 5.46. The van der Waals surface area contributed by atoms with Crippen LogP contribution in [0.1, 0.15) is 33.4 Å². The number of rotatable bonds is 6. The minimum absolute atomic E-state index is 0.148. The lowest BCUT2D eigenvalue weighted by Gasteiger charge is -2.05. The summed E-state index contributed by atoms with van der Waals surface area (Å²) in [5, 5.41) is 16.6. The molecule has 10 heteroatoms. The summed E-state index contributed by atoms with van der Waals surface area (Å²) in [6.45, 7) is 5.43. The van der Waals surface area contributed by atoms with Crippen LogP contribution in [0.5, 0.6) is 0 Å². The number of hydrogen-bond donors (Lipinski definition) is 0. The van der Waals surface area contributed by atoms with Crippen LogP contribution in [-0.2, 0) is 11.3 Å². The molecule has 0 spiro atoms. The molecule has 5 rings (SSSR count). The highest BCUT2D eigenvalue weighted by atomic mass is 16.5. The molecule has 0 N–H and O–H groups in total. The number of pyridine rings is 1. The van der Waals surface area contributed by atoms with E-state index in [-0.39, 0.29) is 18.4 Å². The third kappa shape index (κ3) is 4.08. The van der Waals surface area contributed by atoms with Crippen molar-refractivity contribution in [3.8, 4) is 28.5 Å². The van der Waals surface area contributed by atoms with Crippen molar-refractivity contribution in [2.24, 2.45) is 0 Å². The molecule has 170 valence electrons. The van der Waals surface area contributed by atoms with Crippen molar-refractivity contribution in [3.63, 3.8) is 0 Å². The summed E-state index contributed by atoms with van der Waals surface area (Å²) in [6.07, 6.45) is 1.44. The van der Waals surface area contributed by atoms with Gasteiger partial charge in [0.2, 0.25) is 0 Å². The van der Waals surface area contributed by atoms with Crippen LogP contribution in [0.4, 0.5) is 0 Å². The Morgan fingerprint density at radius 2 is 1.88 bits per heavy atom. The van der Waals surface area contributed by atoms with Gasteiger partial charge >= 0.3 is 5.97 Å². The normalized spacial score (nSPS) is 11.0. The lowest BCUT2D eigenvalue weighted by molar-refractivity contribution is 0.0438. The van der Waals surface area contributed by atoms with Crippen LogP contribution >= 0.6 is 0 Å². The van der Waals surface area contributed by atoms with Crippen LogP contribution in [0.25, 0.3) is 28.5 Å². The largest absolute Gasteiger partial charge is 0.452 e. The maximum absolute atomic E-state index is 12.5. The number of aryl methyl sites for hydroxylation is 3. The van der Waals surface area contributed by atoms with Gasteiger partial charge in [-0.1, -0.05) is 35.5 Å². The molecule has 0 radical (unpaired) electrons. The third-order valence-electron chi connectivity index (χ3n) is 5.13. The van der Waals surface area contributed by atoms with Gasteiger partial charge in [-0.3, -0.25) is 0 Å². The molecule has 5 aromatic rings. The summed E-state index contributed by atoms with van der Waals surface area (Å²) in [5.74, 6) is 0.981. The molecular formula is C24H20N6O4. The minimum atomic E-state index is -0.557. The molecule has 0 bridgehead atoms. The first-order chi connectivity index (χ1) is 16.5. The molecular weight excluding hydrogens is 436 g/mol. The lowest BCUT2D eigenvalue weighted by Crippen LogP contribution is -2.08. The number of esters is 1. The van der Waals surface area contributed by atoms with E-state index in [1.165, 1.54) is 6.20 Å². The number of benzene rings is 1. The number of hydrogen-bond acceptors (Lipinski definition) is 9. The average Bonchev–Trinajstić information content (AvgIpc) is 3.56. The number of carbonyl (C=O) groups is 1. The first-order valence-corrected chi connectivity index (χ1v) is 10.5. The Hall–Kier alpha value is -4.60. The van der Waals surface area contributed by atoms with E-state index in [4.69, 9.17) is 13.7 Å². The van der Waals surface area contributed by atoms with Crippen LogP contribution < -0.4 is 0 Å². The second kappa shape index (κ2) is 8.74. The van der Waals surface area contributed by atoms with E-state index in [1.54, 1.807) is 23.7 Å². The number of carbonyl (C=O) groups excluding carboxylic acids is 1. The van der Waals surface area contributed by atoms with Gasteiger partial charge in [0.1, 0.15) is 17.0 Å². The molecule has 0 aliphatic heterocycles. The molecule has 1 aromatic carbocycles. The van der Waals surface area contributed by atoms with Gasteiger partial charge in [-0.25, -0.2) is 14.5 Å². The van der Waals surface area contributed by atoms with Crippen LogP contribution in [0, 0.1) is 20.8 Å². The minimum Gasteiger partial charge on any atom is -0.452 e. The van der Waals surface area contributed by atoms with Crippen molar-refractivity contribution >= 4 is 5.97 Å². The molecule has 0 unspecified atom stereocenters. The third-order valence-corrected chi connectivity index (χ3v) is 5.13. The fourth-order valence-corrected chi connectivity index (χ4v) is 3.53. The monoisotopic (exact) mass is 456 g/mol. The fourth-order valence-electron chi connectivity index (χ4n) is 3.53. The first-order valence-electron chi connectivity index (χ1n) is 10.5. The standard InChI is InChI=1S/C24H20N6O4/c1-14-11-15(2)30(28-14)19-10-9-18(12-25-19)24(31)32-13-20-26-27-23(33-20)21-16(3)34-29-22(21)17-7-5-4-6-8-17/h4-12H,13H2,1-3H3. The topological polar surface area (TPSA) is 122 Å². The predicted octanol–water partition coefficient (Wildman–Crippen LogP) is 4.25. The second-order valence-corrected chi connectivity index (χ2v) is 7.65. The predicted molar refractivity (Wildman–Crippen MR) is 120 cm³/mol. The fraction of sp³-hybridized carbons (Fsp3) is 0.167. The maximum atomic E-state index is 12.5. The smallest absolute Gasteiger partial charge is 0.340 e. The molecule has 0 fully saturated rings. The zero-order chi connectivity index (χ0) is 23.7. The summed E-state index contributed by atoms with van der Waals surface area (Å²) in [5.41, 5.74) is 4.19. The van der Waals surface area contributed by atoms with Crippen molar-refractivity contribution in [1.82, 2.24) is 30.1 Å².